The average molecular weight is 232 g/mol. The first-order valence-electron chi connectivity index (χ1n) is 5.40. The summed E-state index contributed by atoms with van der Waals surface area (Å²) >= 11 is 1.71. The van der Waals surface area contributed by atoms with Crippen LogP contribution in [0.4, 0.5) is 5.69 Å². The zero-order valence-electron chi connectivity index (χ0n) is 9.82. The molecule has 0 bridgehead atoms. The van der Waals surface area contributed by atoms with Crippen LogP contribution < -0.4 is 5.32 Å². The quantitative estimate of drug-likeness (QED) is 0.867. The first-order chi connectivity index (χ1) is 7.66. The van der Waals surface area contributed by atoms with Crippen molar-refractivity contribution in [1.29, 1.82) is 0 Å². The zero-order chi connectivity index (χ0) is 11.5. The van der Waals surface area contributed by atoms with Crippen LogP contribution in [0.15, 0.2) is 29.8 Å². The van der Waals surface area contributed by atoms with E-state index < -0.39 is 0 Å². The second kappa shape index (κ2) is 4.66. The fraction of sp³-hybridized carbons (Fsp3) is 0.308. The fourth-order valence-corrected chi connectivity index (χ4v) is 2.50. The molecule has 1 aromatic carbocycles. The van der Waals surface area contributed by atoms with Crippen LogP contribution in [0.1, 0.15) is 29.1 Å². The van der Waals surface area contributed by atoms with Gasteiger partial charge in [-0.25, -0.2) is 4.98 Å². The van der Waals surface area contributed by atoms with Crippen molar-refractivity contribution in [2.24, 2.45) is 0 Å². The fourth-order valence-electron chi connectivity index (χ4n) is 1.69. The predicted molar refractivity (Wildman–Crippen MR) is 70.1 cm³/mol. The van der Waals surface area contributed by atoms with E-state index in [2.05, 4.69) is 55.3 Å². The number of thiazole rings is 1. The van der Waals surface area contributed by atoms with Crippen molar-refractivity contribution in [2.45, 2.75) is 26.8 Å². The lowest BCUT2D eigenvalue weighted by Crippen LogP contribution is -2.06. The zero-order valence-corrected chi connectivity index (χ0v) is 10.6. The summed E-state index contributed by atoms with van der Waals surface area (Å²) in [5.74, 6) is 0. The Hall–Kier alpha value is -1.35. The molecular formula is C13H16N2S. The molecule has 2 rings (SSSR count). The van der Waals surface area contributed by atoms with E-state index in [1.807, 2.05) is 5.51 Å². The van der Waals surface area contributed by atoms with Crippen molar-refractivity contribution in [3.63, 3.8) is 0 Å². The van der Waals surface area contributed by atoms with Gasteiger partial charge in [0.25, 0.3) is 0 Å². The summed E-state index contributed by atoms with van der Waals surface area (Å²) in [6.07, 6.45) is 0. The van der Waals surface area contributed by atoms with Gasteiger partial charge in [0.05, 0.1) is 17.2 Å². The van der Waals surface area contributed by atoms with Crippen molar-refractivity contribution in [3.05, 3.63) is 45.9 Å². The summed E-state index contributed by atoms with van der Waals surface area (Å²) in [5.41, 5.74) is 5.47. The Bertz CT molecular complexity index is 459. The van der Waals surface area contributed by atoms with Crippen LogP contribution in [0.5, 0.6) is 0 Å². The second-order valence-electron chi connectivity index (χ2n) is 4.03. The van der Waals surface area contributed by atoms with Gasteiger partial charge in [-0.1, -0.05) is 17.7 Å². The molecule has 16 heavy (non-hydrogen) atoms. The van der Waals surface area contributed by atoms with Crippen LogP contribution in [0.2, 0.25) is 0 Å². The Morgan fingerprint density at radius 2 is 1.88 bits per heavy atom. The van der Waals surface area contributed by atoms with Crippen molar-refractivity contribution in [1.82, 2.24) is 4.98 Å². The molecule has 1 unspecified atom stereocenters. The van der Waals surface area contributed by atoms with Crippen LogP contribution >= 0.6 is 11.3 Å². The summed E-state index contributed by atoms with van der Waals surface area (Å²) in [7, 11) is 0. The van der Waals surface area contributed by atoms with E-state index in [-0.39, 0.29) is 0 Å². The van der Waals surface area contributed by atoms with Crippen molar-refractivity contribution < 1.29 is 0 Å². The smallest absolute Gasteiger partial charge is 0.0798 e. The summed E-state index contributed by atoms with van der Waals surface area (Å²) in [5, 5.41) is 3.48. The number of aryl methyl sites for hydroxylation is 2. The number of rotatable bonds is 3. The first kappa shape index (κ1) is 11.1. The van der Waals surface area contributed by atoms with Gasteiger partial charge in [-0.05, 0) is 32.9 Å². The lowest BCUT2D eigenvalue weighted by Gasteiger charge is -2.14. The van der Waals surface area contributed by atoms with E-state index in [9.17, 15) is 0 Å². The normalized spacial score (nSPS) is 12.4. The van der Waals surface area contributed by atoms with E-state index in [0.29, 0.717) is 6.04 Å². The summed E-state index contributed by atoms with van der Waals surface area (Å²) < 4.78 is 0. The maximum Gasteiger partial charge on any atom is 0.0798 e. The van der Waals surface area contributed by atoms with Gasteiger partial charge < -0.3 is 5.32 Å². The van der Waals surface area contributed by atoms with Gasteiger partial charge in [0.1, 0.15) is 0 Å². The first-order valence-corrected chi connectivity index (χ1v) is 6.28. The SMILES string of the molecule is Cc1ccc(NC(C)c2scnc2C)cc1. The number of nitrogens with one attached hydrogen (secondary N) is 1. The molecule has 84 valence electrons. The van der Waals surface area contributed by atoms with Crippen molar-refractivity contribution >= 4 is 17.0 Å². The van der Waals surface area contributed by atoms with Crippen molar-refractivity contribution in [2.75, 3.05) is 5.32 Å². The molecule has 0 saturated carbocycles. The Labute approximate surface area is 100 Å². The highest BCUT2D eigenvalue weighted by atomic mass is 32.1. The number of hydrogen-bond donors (Lipinski definition) is 1. The molecule has 0 amide bonds. The lowest BCUT2D eigenvalue weighted by molar-refractivity contribution is 0.890. The van der Waals surface area contributed by atoms with Crippen LogP contribution in [0, 0.1) is 13.8 Å². The number of nitrogens with zero attached hydrogens (tertiary/aromatic N) is 1. The maximum absolute atomic E-state index is 4.27. The standard InChI is InChI=1S/C13H16N2S/c1-9-4-6-12(7-5-9)15-11(3)13-10(2)14-8-16-13/h4-8,11,15H,1-3H3. The third-order valence-electron chi connectivity index (χ3n) is 2.61. The molecule has 1 N–H and O–H groups in total. The van der Waals surface area contributed by atoms with Gasteiger partial charge >= 0.3 is 0 Å². The molecule has 0 aliphatic rings. The van der Waals surface area contributed by atoms with E-state index >= 15 is 0 Å². The number of benzene rings is 1. The average Bonchev–Trinajstić information content (AvgIpc) is 2.68. The molecule has 1 aromatic heterocycles. The number of aromatic nitrogens is 1. The molecule has 0 aliphatic carbocycles. The Kier molecular flexibility index (Phi) is 3.25. The highest BCUT2D eigenvalue weighted by Crippen LogP contribution is 2.25. The summed E-state index contributed by atoms with van der Waals surface area (Å²) in [6, 6.07) is 8.78. The van der Waals surface area contributed by atoms with E-state index in [4.69, 9.17) is 0 Å². The molecule has 3 heteroatoms. The van der Waals surface area contributed by atoms with Gasteiger partial charge in [0.2, 0.25) is 0 Å². The Morgan fingerprint density at radius 3 is 2.44 bits per heavy atom. The molecule has 0 fully saturated rings. The third-order valence-corrected chi connectivity index (χ3v) is 3.72. The second-order valence-corrected chi connectivity index (χ2v) is 4.92. The molecule has 0 radical (unpaired) electrons. The topological polar surface area (TPSA) is 24.9 Å². The Morgan fingerprint density at radius 1 is 1.19 bits per heavy atom. The molecule has 0 spiro atoms. The third kappa shape index (κ3) is 2.42. The molecule has 0 aliphatic heterocycles. The molecule has 1 heterocycles. The van der Waals surface area contributed by atoms with E-state index in [1.165, 1.54) is 10.4 Å². The highest BCUT2D eigenvalue weighted by Gasteiger charge is 2.10. The van der Waals surface area contributed by atoms with Gasteiger partial charge in [0, 0.05) is 10.6 Å². The molecular weight excluding hydrogens is 216 g/mol. The monoisotopic (exact) mass is 232 g/mol. The van der Waals surface area contributed by atoms with Gasteiger partial charge in [-0.15, -0.1) is 11.3 Å². The van der Waals surface area contributed by atoms with Gasteiger partial charge in [-0.3, -0.25) is 0 Å². The largest absolute Gasteiger partial charge is 0.378 e. The van der Waals surface area contributed by atoms with Gasteiger partial charge in [0.15, 0.2) is 0 Å². The van der Waals surface area contributed by atoms with Crippen molar-refractivity contribution in [3.8, 4) is 0 Å². The molecule has 2 nitrogen and oxygen atoms in total. The molecule has 1 atom stereocenters. The number of hydrogen-bond acceptors (Lipinski definition) is 3. The summed E-state index contributed by atoms with van der Waals surface area (Å²) in [4.78, 5) is 5.58. The minimum absolute atomic E-state index is 0.315. The lowest BCUT2D eigenvalue weighted by atomic mass is 10.2. The van der Waals surface area contributed by atoms with E-state index in [1.54, 1.807) is 11.3 Å². The Balaban J connectivity index is 2.10. The minimum atomic E-state index is 0.315. The van der Waals surface area contributed by atoms with Gasteiger partial charge in [-0.2, -0.15) is 0 Å². The van der Waals surface area contributed by atoms with Crippen LogP contribution in [-0.4, -0.2) is 4.98 Å². The number of anilines is 1. The minimum Gasteiger partial charge on any atom is -0.378 e. The van der Waals surface area contributed by atoms with Crippen LogP contribution in [0.25, 0.3) is 0 Å². The maximum atomic E-state index is 4.27. The predicted octanol–water partition coefficient (Wildman–Crippen LogP) is 3.93. The highest BCUT2D eigenvalue weighted by molar-refractivity contribution is 7.09. The summed E-state index contributed by atoms with van der Waals surface area (Å²) in [6.45, 7) is 6.32. The van der Waals surface area contributed by atoms with Crippen LogP contribution in [-0.2, 0) is 0 Å². The van der Waals surface area contributed by atoms with E-state index in [0.717, 1.165) is 11.4 Å². The van der Waals surface area contributed by atoms with Crippen LogP contribution in [0.3, 0.4) is 0 Å². The molecule has 0 saturated heterocycles. The molecule has 2 aromatic rings.